The van der Waals surface area contributed by atoms with Gasteiger partial charge >= 0.3 is 0 Å². The summed E-state index contributed by atoms with van der Waals surface area (Å²) in [5.74, 6) is 0.342. The van der Waals surface area contributed by atoms with Crippen molar-refractivity contribution >= 4 is 5.91 Å². The van der Waals surface area contributed by atoms with E-state index in [0.29, 0.717) is 24.6 Å². The molecule has 0 aliphatic carbocycles. The second kappa shape index (κ2) is 8.16. The lowest BCUT2D eigenvalue weighted by atomic mass is 9.97. The van der Waals surface area contributed by atoms with E-state index < -0.39 is 12.1 Å². The van der Waals surface area contributed by atoms with Gasteiger partial charge in [-0.1, -0.05) is 30.3 Å². The van der Waals surface area contributed by atoms with E-state index in [1.165, 1.54) is 14.2 Å². The molecule has 0 saturated carbocycles. The second-order valence-corrected chi connectivity index (χ2v) is 5.86. The van der Waals surface area contributed by atoms with Gasteiger partial charge in [0.05, 0.1) is 33.5 Å². The molecule has 0 bridgehead atoms. The first kappa shape index (κ1) is 18.2. The van der Waals surface area contributed by atoms with Crippen molar-refractivity contribution < 1.29 is 24.1 Å². The van der Waals surface area contributed by atoms with Crippen LogP contribution in [0, 0.1) is 0 Å². The number of aliphatic hydroxyl groups is 1. The number of pyridine rings is 1. The first-order chi connectivity index (χ1) is 12.7. The van der Waals surface area contributed by atoms with Crippen molar-refractivity contribution in [2.45, 2.75) is 12.1 Å². The summed E-state index contributed by atoms with van der Waals surface area (Å²) < 4.78 is 16.1. The Morgan fingerprint density at radius 3 is 2.65 bits per heavy atom. The number of carbonyl (C=O) groups is 1. The Hall–Kier alpha value is -2.64. The van der Waals surface area contributed by atoms with E-state index in [2.05, 4.69) is 4.98 Å². The highest BCUT2D eigenvalue weighted by Gasteiger charge is 2.37. The number of carbonyl (C=O) groups excluding carboxylic acids is 1. The molecule has 0 spiro atoms. The van der Waals surface area contributed by atoms with Crippen LogP contribution in [0.4, 0.5) is 0 Å². The Labute approximate surface area is 152 Å². The molecule has 1 aromatic heterocycles. The lowest BCUT2D eigenvalue weighted by Crippen LogP contribution is -2.49. The van der Waals surface area contributed by atoms with Crippen LogP contribution in [0.5, 0.6) is 11.8 Å². The fourth-order valence-electron chi connectivity index (χ4n) is 3.17. The van der Waals surface area contributed by atoms with Crippen LogP contribution in [0.15, 0.2) is 42.5 Å². The summed E-state index contributed by atoms with van der Waals surface area (Å²) >= 11 is 0. The summed E-state index contributed by atoms with van der Waals surface area (Å²) in [4.78, 5) is 19.1. The summed E-state index contributed by atoms with van der Waals surface area (Å²) in [5, 5.41) is 9.75. The number of morpholine rings is 1. The van der Waals surface area contributed by atoms with Crippen LogP contribution in [0.1, 0.15) is 22.0 Å². The molecule has 2 atom stereocenters. The standard InChI is InChI=1S/C19H22N2O5/c1-24-16-9-8-14(18(20-16)25-2)19(23)21-10-11-26-15(12-22)17(21)13-6-4-3-5-7-13/h3-9,15,17,22H,10-12H2,1-2H3/t15-,17-/m1/s1. The molecule has 1 saturated heterocycles. The highest BCUT2D eigenvalue weighted by Crippen LogP contribution is 2.32. The first-order valence-electron chi connectivity index (χ1n) is 8.37. The summed E-state index contributed by atoms with van der Waals surface area (Å²) in [6, 6.07) is 12.4. The summed E-state index contributed by atoms with van der Waals surface area (Å²) in [6.07, 6.45) is -0.493. The maximum atomic E-state index is 13.3. The van der Waals surface area contributed by atoms with Crippen LogP contribution in [0.3, 0.4) is 0 Å². The van der Waals surface area contributed by atoms with Gasteiger partial charge in [0.1, 0.15) is 11.7 Å². The molecule has 1 N–H and O–H groups in total. The van der Waals surface area contributed by atoms with Gasteiger partial charge in [0.25, 0.3) is 5.91 Å². The van der Waals surface area contributed by atoms with E-state index in [1.807, 2.05) is 30.3 Å². The van der Waals surface area contributed by atoms with Crippen molar-refractivity contribution in [3.8, 4) is 11.8 Å². The highest BCUT2D eigenvalue weighted by molar-refractivity contribution is 5.96. The maximum absolute atomic E-state index is 13.3. The minimum atomic E-state index is -0.493. The molecule has 1 aliphatic heterocycles. The van der Waals surface area contributed by atoms with Crippen molar-refractivity contribution in [1.82, 2.24) is 9.88 Å². The fraction of sp³-hybridized carbons (Fsp3) is 0.368. The van der Waals surface area contributed by atoms with Crippen LogP contribution >= 0.6 is 0 Å². The van der Waals surface area contributed by atoms with Gasteiger partial charge < -0.3 is 24.2 Å². The van der Waals surface area contributed by atoms with Crippen LogP contribution in [-0.4, -0.2) is 61.0 Å². The Kier molecular flexibility index (Phi) is 5.70. The van der Waals surface area contributed by atoms with Crippen LogP contribution in [0.2, 0.25) is 0 Å². The Morgan fingerprint density at radius 2 is 2.00 bits per heavy atom. The summed E-state index contributed by atoms with van der Waals surface area (Å²) in [6.45, 7) is 0.581. The number of rotatable bonds is 5. The molecular formula is C19H22N2O5. The lowest BCUT2D eigenvalue weighted by molar-refractivity contribution is -0.0812. The number of hydrogen-bond donors (Lipinski definition) is 1. The van der Waals surface area contributed by atoms with Crippen molar-refractivity contribution in [3.05, 3.63) is 53.6 Å². The van der Waals surface area contributed by atoms with Crippen molar-refractivity contribution in [1.29, 1.82) is 0 Å². The van der Waals surface area contributed by atoms with Gasteiger partial charge in [-0.3, -0.25) is 4.79 Å². The molecule has 0 unspecified atom stereocenters. The molecule has 1 aromatic carbocycles. The molecule has 2 aromatic rings. The van der Waals surface area contributed by atoms with Crippen molar-refractivity contribution in [3.63, 3.8) is 0 Å². The van der Waals surface area contributed by atoms with Crippen LogP contribution in [-0.2, 0) is 4.74 Å². The summed E-state index contributed by atoms with van der Waals surface area (Å²) in [7, 11) is 2.96. The predicted molar refractivity (Wildman–Crippen MR) is 94.4 cm³/mol. The van der Waals surface area contributed by atoms with E-state index in [9.17, 15) is 9.90 Å². The number of nitrogens with zero attached hydrogens (tertiary/aromatic N) is 2. The fourth-order valence-corrected chi connectivity index (χ4v) is 3.17. The van der Waals surface area contributed by atoms with E-state index in [-0.39, 0.29) is 18.4 Å². The zero-order valence-corrected chi connectivity index (χ0v) is 14.8. The largest absolute Gasteiger partial charge is 0.481 e. The minimum absolute atomic E-state index is 0.179. The Balaban J connectivity index is 1.98. The zero-order chi connectivity index (χ0) is 18.5. The number of methoxy groups -OCH3 is 2. The molecular weight excluding hydrogens is 336 g/mol. The first-order valence-corrected chi connectivity index (χ1v) is 8.37. The van der Waals surface area contributed by atoms with E-state index in [4.69, 9.17) is 14.2 Å². The third kappa shape index (κ3) is 3.49. The van der Waals surface area contributed by atoms with Crippen molar-refractivity contribution in [2.75, 3.05) is 34.0 Å². The quantitative estimate of drug-likeness (QED) is 0.876. The number of hydrogen-bond acceptors (Lipinski definition) is 6. The van der Waals surface area contributed by atoms with Gasteiger partial charge in [0, 0.05) is 12.6 Å². The maximum Gasteiger partial charge on any atom is 0.260 e. The number of benzene rings is 1. The van der Waals surface area contributed by atoms with Crippen LogP contribution < -0.4 is 9.47 Å². The smallest absolute Gasteiger partial charge is 0.260 e. The van der Waals surface area contributed by atoms with Crippen LogP contribution in [0.25, 0.3) is 0 Å². The average molecular weight is 358 g/mol. The van der Waals surface area contributed by atoms with Gasteiger partial charge in [-0.15, -0.1) is 0 Å². The molecule has 2 heterocycles. The number of ether oxygens (including phenoxy) is 3. The van der Waals surface area contributed by atoms with Crippen molar-refractivity contribution in [2.24, 2.45) is 0 Å². The SMILES string of the molecule is COc1ccc(C(=O)N2CCO[C@H](CO)[C@H]2c2ccccc2)c(OC)n1. The second-order valence-electron chi connectivity index (χ2n) is 5.86. The van der Waals surface area contributed by atoms with Gasteiger partial charge in [0.2, 0.25) is 11.8 Å². The third-order valence-corrected chi connectivity index (χ3v) is 4.40. The molecule has 26 heavy (non-hydrogen) atoms. The van der Waals surface area contributed by atoms with E-state index in [0.717, 1.165) is 5.56 Å². The number of aliphatic hydroxyl groups excluding tert-OH is 1. The molecule has 1 aliphatic rings. The molecule has 1 fully saturated rings. The van der Waals surface area contributed by atoms with E-state index in [1.54, 1.807) is 17.0 Å². The predicted octanol–water partition coefficient (Wildman–Crippen LogP) is 1.67. The molecule has 0 radical (unpaired) electrons. The van der Waals surface area contributed by atoms with Gasteiger partial charge in [-0.25, -0.2) is 0 Å². The minimum Gasteiger partial charge on any atom is -0.481 e. The molecule has 3 rings (SSSR count). The molecule has 138 valence electrons. The number of aromatic nitrogens is 1. The van der Waals surface area contributed by atoms with E-state index >= 15 is 0 Å². The molecule has 1 amide bonds. The zero-order valence-electron chi connectivity index (χ0n) is 14.8. The average Bonchev–Trinajstić information content (AvgIpc) is 2.72. The van der Waals surface area contributed by atoms with Gasteiger partial charge in [-0.2, -0.15) is 4.98 Å². The summed E-state index contributed by atoms with van der Waals surface area (Å²) in [5.41, 5.74) is 1.24. The topological polar surface area (TPSA) is 81.1 Å². The Morgan fingerprint density at radius 1 is 1.23 bits per heavy atom. The van der Waals surface area contributed by atoms with Gasteiger partial charge in [-0.05, 0) is 11.6 Å². The highest BCUT2D eigenvalue weighted by atomic mass is 16.5. The monoisotopic (exact) mass is 358 g/mol. The Bertz CT molecular complexity index is 753. The normalized spacial score (nSPS) is 19.9. The number of amides is 1. The van der Waals surface area contributed by atoms with Gasteiger partial charge in [0.15, 0.2) is 0 Å². The lowest BCUT2D eigenvalue weighted by Gasteiger charge is -2.41. The molecule has 7 heteroatoms. The third-order valence-electron chi connectivity index (χ3n) is 4.40. The molecule has 7 nitrogen and oxygen atoms in total.